The number of likely N-dealkylation sites (N-methyl/N-ethyl adjacent to an activating group) is 1. The molecule has 0 spiro atoms. The van der Waals surface area contributed by atoms with Gasteiger partial charge in [0.05, 0.1) is 26.3 Å². The van der Waals surface area contributed by atoms with Gasteiger partial charge in [0.15, 0.2) is 0 Å². The number of anilines is 1. The van der Waals surface area contributed by atoms with Crippen LogP contribution in [0.25, 0.3) is 0 Å². The third-order valence-corrected chi connectivity index (χ3v) is 5.83. The molecule has 1 aliphatic heterocycles. The molecule has 1 unspecified atom stereocenters. The van der Waals surface area contributed by atoms with E-state index in [4.69, 9.17) is 9.47 Å². The number of hydrogen-bond acceptors (Lipinski definition) is 6. The lowest BCUT2D eigenvalue weighted by Crippen LogP contribution is -2.43. The zero-order valence-corrected chi connectivity index (χ0v) is 18.3. The second-order valence-electron chi connectivity index (χ2n) is 7.41. The third kappa shape index (κ3) is 6.83. The van der Waals surface area contributed by atoms with Crippen molar-refractivity contribution in [1.82, 2.24) is 9.80 Å². The Hall–Kier alpha value is -2.42. The van der Waals surface area contributed by atoms with Gasteiger partial charge in [-0.25, -0.2) is 0 Å². The second kappa shape index (κ2) is 11.1. The summed E-state index contributed by atoms with van der Waals surface area (Å²) in [4.78, 5) is 29.9. The van der Waals surface area contributed by atoms with Crippen LogP contribution in [0, 0.1) is 0 Å². The van der Waals surface area contributed by atoms with E-state index in [1.165, 1.54) is 9.78 Å². The quantitative estimate of drug-likeness (QED) is 0.626. The van der Waals surface area contributed by atoms with Crippen LogP contribution in [0.5, 0.6) is 5.75 Å². The molecule has 0 aliphatic carbocycles. The number of carbonyl (C=O) groups is 2. The monoisotopic (exact) mass is 431 g/mol. The fourth-order valence-electron chi connectivity index (χ4n) is 3.40. The van der Waals surface area contributed by atoms with Crippen molar-refractivity contribution in [2.45, 2.75) is 25.5 Å². The van der Waals surface area contributed by atoms with Crippen molar-refractivity contribution in [3.05, 3.63) is 46.7 Å². The van der Waals surface area contributed by atoms with E-state index in [2.05, 4.69) is 16.3 Å². The molecule has 1 aromatic heterocycles. The Balaban J connectivity index is 1.53. The predicted octanol–water partition coefficient (Wildman–Crippen LogP) is 2.83. The van der Waals surface area contributed by atoms with E-state index in [9.17, 15) is 9.59 Å². The van der Waals surface area contributed by atoms with Crippen LogP contribution in [0.4, 0.5) is 5.69 Å². The smallest absolute Gasteiger partial charge is 0.243 e. The Morgan fingerprint density at radius 2 is 2.13 bits per heavy atom. The number of ether oxygens (including phenoxy) is 2. The van der Waals surface area contributed by atoms with E-state index in [1.807, 2.05) is 17.5 Å². The zero-order valence-electron chi connectivity index (χ0n) is 17.5. The minimum atomic E-state index is -0.247. The summed E-state index contributed by atoms with van der Waals surface area (Å²) in [5.74, 6) is 0.323. The van der Waals surface area contributed by atoms with Gasteiger partial charge in [-0.1, -0.05) is 12.1 Å². The van der Waals surface area contributed by atoms with Crippen molar-refractivity contribution in [1.29, 1.82) is 0 Å². The normalized spacial score (nSPS) is 15.9. The maximum absolute atomic E-state index is 12.8. The van der Waals surface area contributed by atoms with Crippen molar-refractivity contribution in [2.75, 3.05) is 45.7 Å². The first-order chi connectivity index (χ1) is 14.5. The molecule has 1 saturated heterocycles. The van der Waals surface area contributed by atoms with Gasteiger partial charge in [0.25, 0.3) is 0 Å². The number of rotatable bonds is 10. The molecule has 2 amide bonds. The van der Waals surface area contributed by atoms with Crippen LogP contribution in [0.2, 0.25) is 0 Å². The first-order valence-corrected chi connectivity index (χ1v) is 11.0. The van der Waals surface area contributed by atoms with E-state index in [0.717, 1.165) is 19.4 Å². The molecule has 0 saturated carbocycles. The van der Waals surface area contributed by atoms with Crippen LogP contribution in [-0.2, 0) is 20.9 Å². The van der Waals surface area contributed by atoms with Gasteiger partial charge in [-0.3, -0.25) is 14.5 Å². The van der Waals surface area contributed by atoms with E-state index >= 15 is 0 Å². The Kier molecular flexibility index (Phi) is 8.24. The number of amides is 2. The average molecular weight is 432 g/mol. The molecule has 2 aromatic rings. The summed E-state index contributed by atoms with van der Waals surface area (Å²) in [6.45, 7) is 2.44. The molecule has 8 heteroatoms. The van der Waals surface area contributed by atoms with Gasteiger partial charge in [-0.05, 0) is 36.4 Å². The molecular weight excluding hydrogens is 402 g/mol. The first-order valence-electron chi connectivity index (χ1n) is 10.1. The molecule has 2 heterocycles. The van der Waals surface area contributed by atoms with Crippen molar-refractivity contribution < 1.29 is 19.1 Å². The molecule has 3 rings (SSSR count). The summed E-state index contributed by atoms with van der Waals surface area (Å²) in [6.07, 6.45) is 2.25. The van der Waals surface area contributed by atoms with Gasteiger partial charge in [0.2, 0.25) is 11.8 Å². The Bertz CT molecular complexity index is 822. The van der Waals surface area contributed by atoms with Gasteiger partial charge in [0, 0.05) is 43.4 Å². The lowest BCUT2D eigenvalue weighted by atomic mass is 10.2. The number of carbonyl (C=O) groups excluding carboxylic acids is 2. The number of hydrogen-bond donors (Lipinski definition) is 1. The van der Waals surface area contributed by atoms with Crippen LogP contribution in [0.1, 0.15) is 17.7 Å². The van der Waals surface area contributed by atoms with Crippen LogP contribution in [0.3, 0.4) is 0 Å². The molecule has 1 atom stereocenters. The van der Waals surface area contributed by atoms with E-state index < -0.39 is 0 Å². The molecule has 162 valence electrons. The van der Waals surface area contributed by atoms with E-state index in [1.54, 1.807) is 43.7 Å². The molecular formula is C22H29N3O4S. The highest BCUT2D eigenvalue weighted by molar-refractivity contribution is 7.09. The third-order valence-electron chi connectivity index (χ3n) is 4.96. The highest BCUT2D eigenvalue weighted by Crippen LogP contribution is 2.18. The largest absolute Gasteiger partial charge is 0.497 e. The highest BCUT2D eigenvalue weighted by atomic mass is 32.1. The number of nitrogens with zero attached hydrogens (tertiary/aromatic N) is 2. The fourth-order valence-corrected chi connectivity index (χ4v) is 4.15. The maximum Gasteiger partial charge on any atom is 0.243 e. The first kappa shape index (κ1) is 22.3. The van der Waals surface area contributed by atoms with Gasteiger partial charge in [-0.15, -0.1) is 11.3 Å². The summed E-state index contributed by atoms with van der Waals surface area (Å²) in [5.41, 5.74) is 0.637. The van der Waals surface area contributed by atoms with E-state index in [-0.39, 0.29) is 31.0 Å². The molecule has 1 N–H and O–H groups in total. The lowest BCUT2D eigenvalue weighted by Gasteiger charge is -2.26. The predicted molar refractivity (Wildman–Crippen MR) is 118 cm³/mol. The molecule has 1 fully saturated rings. The number of thiophene rings is 1. The minimum absolute atomic E-state index is 0.0111. The molecule has 1 aliphatic rings. The standard InChI is InChI=1S/C22H29N3O4S/c1-24(15-21(26)23-17-6-3-7-18(12-17)28-2)22(27)16-25(13-19-8-4-10-29-19)14-20-9-5-11-30-20/h3,5-7,9,11-12,19H,4,8,10,13-16H2,1-2H3,(H,23,26). The fraction of sp³-hybridized carbons (Fsp3) is 0.455. The summed E-state index contributed by atoms with van der Waals surface area (Å²) >= 11 is 1.68. The van der Waals surface area contributed by atoms with Crippen LogP contribution >= 0.6 is 11.3 Å². The average Bonchev–Trinajstić information content (AvgIpc) is 3.42. The number of nitrogens with one attached hydrogen (secondary N) is 1. The molecule has 30 heavy (non-hydrogen) atoms. The van der Waals surface area contributed by atoms with Gasteiger partial charge < -0.3 is 19.7 Å². The van der Waals surface area contributed by atoms with Gasteiger partial charge >= 0.3 is 0 Å². The van der Waals surface area contributed by atoms with Crippen LogP contribution < -0.4 is 10.1 Å². The highest BCUT2D eigenvalue weighted by Gasteiger charge is 2.23. The van der Waals surface area contributed by atoms with Gasteiger partial charge in [0.1, 0.15) is 5.75 Å². The topological polar surface area (TPSA) is 71.1 Å². The number of methoxy groups -OCH3 is 1. The SMILES string of the molecule is COc1cccc(NC(=O)CN(C)C(=O)CN(Cc2cccs2)CC2CCCO2)c1. The summed E-state index contributed by atoms with van der Waals surface area (Å²) in [6, 6.07) is 11.2. The molecule has 0 radical (unpaired) electrons. The molecule has 7 nitrogen and oxygen atoms in total. The zero-order chi connectivity index (χ0) is 21.3. The lowest BCUT2D eigenvalue weighted by molar-refractivity contribution is -0.134. The van der Waals surface area contributed by atoms with E-state index in [0.29, 0.717) is 24.5 Å². The molecule has 1 aromatic carbocycles. The second-order valence-corrected chi connectivity index (χ2v) is 8.45. The van der Waals surface area contributed by atoms with Crippen molar-refractivity contribution in [2.24, 2.45) is 0 Å². The Morgan fingerprint density at radius 3 is 2.83 bits per heavy atom. The maximum atomic E-state index is 12.8. The van der Waals surface area contributed by atoms with Crippen LogP contribution in [-0.4, -0.2) is 68.1 Å². The van der Waals surface area contributed by atoms with Crippen molar-refractivity contribution in [3.8, 4) is 5.75 Å². The number of benzene rings is 1. The van der Waals surface area contributed by atoms with Crippen molar-refractivity contribution in [3.63, 3.8) is 0 Å². The van der Waals surface area contributed by atoms with Crippen LogP contribution in [0.15, 0.2) is 41.8 Å². The van der Waals surface area contributed by atoms with Crippen molar-refractivity contribution >= 4 is 28.8 Å². The van der Waals surface area contributed by atoms with Gasteiger partial charge in [-0.2, -0.15) is 0 Å². The summed E-state index contributed by atoms with van der Waals surface area (Å²) in [7, 11) is 3.23. The summed E-state index contributed by atoms with van der Waals surface area (Å²) in [5, 5.41) is 4.84. The molecule has 0 bridgehead atoms. The Morgan fingerprint density at radius 1 is 1.27 bits per heavy atom. The minimum Gasteiger partial charge on any atom is -0.497 e. The Labute approximate surface area is 181 Å². The summed E-state index contributed by atoms with van der Waals surface area (Å²) < 4.78 is 10.9.